The molecule has 0 aromatic heterocycles. The number of hydrogen-bond donors (Lipinski definition) is 0. The lowest BCUT2D eigenvalue weighted by molar-refractivity contribution is 0.235. The first-order valence-corrected chi connectivity index (χ1v) is 6.90. The predicted molar refractivity (Wildman–Crippen MR) is 67.9 cm³/mol. The molecule has 2 heteroatoms. The van der Waals surface area contributed by atoms with Crippen LogP contribution in [0, 0.1) is 5.41 Å². The second-order valence-corrected chi connectivity index (χ2v) is 7.00. The van der Waals surface area contributed by atoms with Gasteiger partial charge < -0.3 is 9.47 Å². The van der Waals surface area contributed by atoms with E-state index in [0.29, 0.717) is 18.3 Å². The van der Waals surface area contributed by atoms with Crippen LogP contribution in [0.1, 0.15) is 53.4 Å². The van der Waals surface area contributed by atoms with Crippen LogP contribution in [-0.4, -0.2) is 23.9 Å². The van der Waals surface area contributed by atoms with Crippen molar-refractivity contribution in [2.45, 2.75) is 77.3 Å². The van der Waals surface area contributed by atoms with Gasteiger partial charge in [-0.15, -0.1) is 0 Å². The van der Waals surface area contributed by atoms with E-state index < -0.39 is 0 Å². The minimum atomic E-state index is 0.111. The molecule has 4 atom stereocenters. The fourth-order valence-corrected chi connectivity index (χ4v) is 3.23. The first-order valence-electron chi connectivity index (χ1n) is 6.90. The van der Waals surface area contributed by atoms with Crippen LogP contribution in [-0.2, 0) is 9.47 Å². The molecule has 0 spiro atoms. The topological polar surface area (TPSA) is 25.1 Å². The molecule has 1 aliphatic carbocycles. The summed E-state index contributed by atoms with van der Waals surface area (Å²) in [5.74, 6) is 0. The lowest BCUT2D eigenvalue weighted by Gasteiger charge is -2.21. The summed E-state index contributed by atoms with van der Waals surface area (Å²) in [5.41, 5.74) is 1.90. The average molecular weight is 236 g/mol. The molecule has 0 N–H and O–H groups in total. The summed E-state index contributed by atoms with van der Waals surface area (Å²) in [6.45, 7) is 9.15. The largest absolute Gasteiger partial charge is 0.369 e. The molecule has 0 aromatic rings. The van der Waals surface area contributed by atoms with Gasteiger partial charge in [0.1, 0.15) is 0 Å². The Morgan fingerprint density at radius 1 is 1.29 bits per heavy atom. The van der Waals surface area contributed by atoms with Crippen molar-refractivity contribution in [2.75, 3.05) is 0 Å². The molecule has 2 heterocycles. The zero-order valence-corrected chi connectivity index (χ0v) is 11.5. The average Bonchev–Trinajstić information content (AvgIpc) is 3.11. The third kappa shape index (κ3) is 2.17. The van der Waals surface area contributed by atoms with Crippen molar-refractivity contribution in [3.63, 3.8) is 0 Å². The van der Waals surface area contributed by atoms with Crippen molar-refractivity contribution in [3.05, 3.63) is 11.6 Å². The highest BCUT2D eigenvalue weighted by Crippen LogP contribution is 2.51. The number of epoxide rings is 2. The van der Waals surface area contributed by atoms with Crippen LogP contribution >= 0.6 is 0 Å². The van der Waals surface area contributed by atoms with Crippen molar-refractivity contribution in [3.8, 4) is 0 Å². The molecule has 2 aliphatic heterocycles. The van der Waals surface area contributed by atoms with Crippen LogP contribution in [0.4, 0.5) is 0 Å². The third-order valence-corrected chi connectivity index (χ3v) is 4.77. The number of fused-ring (bicyclic) bond motifs is 2. The van der Waals surface area contributed by atoms with Gasteiger partial charge >= 0.3 is 0 Å². The molecule has 0 amide bonds. The second kappa shape index (κ2) is 3.58. The Hall–Kier alpha value is -0.340. The van der Waals surface area contributed by atoms with E-state index in [1.807, 2.05) is 0 Å². The highest BCUT2D eigenvalue weighted by Gasteiger charge is 2.59. The van der Waals surface area contributed by atoms with E-state index in [4.69, 9.17) is 9.47 Å². The van der Waals surface area contributed by atoms with E-state index in [-0.39, 0.29) is 11.0 Å². The smallest absolute Gasteiger partial charge is 0.0946 e. The molecular weight excluding hydrogens is 212 g/mol. The van der Waals surface area contributed by atoms with Crippen LogP contribution in [0.15, 0.2) is 11.6 Å². The summed E-state index contributed by atoms with van der Waals surface area (Å²) in [4.78, 5) is 0. The van der Waals surface area contributed by atoms with Gasteiger partial charge in [0.25, 0.3) is 0 Å². The first kappa shape index (κ1) is 11.7. The number of rotatable bonds is 0. The maximum absolute atomic E-state index is 5.89. The van der Waals surface area contributed by atoms with Gasteiger partial charge in [-0.25, -0.2) is 0 Å². The summed E-state index contributed by atoms with van der Waals surface area (Å²) >= 11 is 0. The maximum atomic E-state index is 5.89. The SMILES string of the molecule is C/C1=C\CC(C)(C)[C@H]2O[C@@H]2C[C@@]2(C)O[C@@H]2CC1. The molecule has 0 saturated carbocycles. The summed E-state index contributed by atoms with van der Waals surface area (Å²) in [6.07, 6.45) is 8.34. The van der Waals surface area contributed by atoms with E-state index in [9.17, 15) is 0 Å². The van der Waals surface area contributed by atoms with Gasteiger partial charge in [-0.3, -0.25) is 0 Å². The number of allylic oxidation sites excluding steroid dienone is 2. The Kier molecular flexibility index (Phi) is 2.47. The molecule has 96 valence electrons. The quantitative estimate of drug-likeness (QED) is 0.475. The van der Waals surface area contributed by atoms with Crippen molar-refractivity contribution < 1.29 is 9.47 Å². The van der Waals surface area contributed by atoms with Gasteiger partial charge in [-0.1, -0.05) is 25.5 Å². The van der Waals surface area contributed by atoms with Crippen LogP contribution < -0.4 is 0 Å². The second-order valence-electron chi connectivity index (χ2n) is 7.00. The normalized spacial score (nSPS) is 51.3. The van der Waals surface area contributed by atoms with Gasteiger partial charge in [0.2, 0.25) is 0 Å². The first-order chi connectivity index (χ1) is 7.91. The van der Waals surface area contributed by atoms with E-state index >= 15 is 0 Å². The van der Waals surface area contributed by atoms with Crippen molar-refractivity contribution in [1.82, 2.24) is 0 Å². The molecule has 2 saturated heterocycles. The zero-order valence-electron chi connectivity index (χ0n) is 11.5. The molecule has 0 aromatic carbocycles. The van der Waals surface area contributed by atoms with Crippen molar-refractivity contribution in [1.29, 1.82) is 0 Å². The van der Waals surface area contributed by atoms with E-state index in [0.717, 1.165) is 12.8 Å². The standard InChI is InChI=1S/C15H24O2/c1-10-5-6-12-15(4,17-12)9-11-13(16-11)14(2,3)8-7-10/h7,11-13H,5-6,8-9H2,1-4H3/b10-7+/t11-,12-,13+,15-/m1/s1. The molecule has 2 nitrogen and oxygen atoms in total. The van der Waals surface area contributed by atoms with Crippen molar-refractivity contribution in [2.24, 2.45) is 5.41 Å². The molecule has 0 bridgehead atoms. The summed E-state index contributed by atoms with van der Waals surface area (Å²) in [6, 6.07) is 0. The van der Waals surface area contributed by atoms with Crippen LogP contribution in [0.5, 0.6) is 0 Å². The molecule has 3 rings (SSSR count). The van der Waals surface area contributed by atoms with Crippen LogP contribution in [0.25, 0.3) is 0 Å². The monoisotopic (exact) mass is 236 g/mol. The third-order valence-electron chi connectivity index (χ3n) is 4.77. The minimum absolute atomic E-state index is 0.111. The molecule has 0 unspecified atom stereocenters. The lowest BCUT2D eigenvalue weighted by Crippen LogP contribution is -2.22. The van der Waals surface area contributed by atoms with Crippen LogP contribution in [0.3, 0.4) is 0 Å². The highest BCUT2D eigenvalue weighted by molar-refractivity contribution is 5.12. The van der Waals surface area contributed by atoms with Gasteiger partial charge in [-0.2, -0.15) is 0 Å². The van der Waals surface area contributed by atoms with Crippen LogP contribution in [0.2, 0.25) is 0 Å². The molecular formula is C15H24O2. The number of ether oxygens (including phenoxy) is 2. The maximum Gasteiger partial charge on any atom is 0.0946 e. The Labute approximate surface area is 104 Å². The van der Waals surface area contributed by atoms with E-state index in [1.54, 1.807) is 0 Å². The predicted octanol–water partition coefficient (Wildman–Crippen LogP) is 3.46. The Balaban J connectivity index is 1.77. The lowest BCUT2D eigenvalue weighted by atomic mass is 9.82. The van der Waals surface area contributed by atoms with E-state index in [2.05, 4.69) is 33.8 Å². The van der Waals surface area contributed by atoms with Gasteiger partial charge in [-0.05, 0) is 38.5 Å². The zero-order chi connectivity index (χ0) is 12.3. The minimum Gasteiger partial charge on any atom is -0.369 e. The van der Waals surface area contributed by atoms with Gasteiger partial charge in [0, 0.05) is 6.42 Å². The van der Waals surface area contributed by atoms with Crippen molar-refractivity contribution >= 4 is 0 Å². The summed E-state index contributed by atoms with van der Waals surface area (Å²) < 4.78 is 11.8. The fourth-order valence-electron chi connectivity index (χ4n) is 3.23. The molecule has 3 aliphatic rings. The Morgan fingerprint density at radius 3 is 2.82 bits per heavy atom. The van der Waals surface area contributed by atoms with Gasteiger partial charge in [0.15, 0.2) is 0 Å². The fraction of sp³-hybridized carbons (Fsp3) is 0.867. The van der Waals surface area contributed by atoms with E-state index in [1.165, 1.54) is 18.4 Å². The number of hydrogen-bond acceptors (Lipinski definition) is 2. The highest BCUT2D eigenvalue weighted by atomic mass is 16.6. The Bertz CT molecular complexity index is 358. The molecule has 17 heavy (non-hydrogen) atoms. The summed E-state index contributed by atoms with van der Waals surface area (Å²) in [7, 11) is 0. The Morgan fingerprint density at radius 2 is 2.06 bits per heavy atom. The molecule has 0 radical (unpaired) electrons. The summed E-state index contributed by atoms with van der Waals surface area (Å²) in [5, 5.41) is 0. The van der Waals surface area contributed by atoms with Gasteiger partial charge in [0.05, 0.1) is 23.9 Å². The molecule has 2 fully saturated rings.